The molecule has 0 spiro atoms. The van der Waals surface area contributed by atoms with Crippen molar-refractivity contribution in [2.75, 3.05) is 0 Å². The molecule has 0 saturated heterocycles. The van der Waals surface area contributed by atoms with Crippen LogP contribution >= 0.6 is 0 Å². The number of hydrogen-bond acceptors (Lipinski definition) is 2. The molecule has 1 aliphatic rings. The standard InChI is InChI=1S/C18H26O2/c1-13-10-16(12-18(3,4)11-13)20-14(2)17(19)15-8-6-5-7-9-15/h5-9,13-14,16H,10-12H2,1-4H3. The Morgan fingerprint density at radius 1 is 1.25 bits per heavy atom. The summed E-state index contributed by atoms with van der Waals surface area (Å²) in [6.07, 6.45) is 3.20. The Kier molecular flexibility index (Phi) is 4.64. The van der Waals surface area contributed by atoms with Gasteiger partial charge in [0.05, 0.1) is 6.10 Å². The first-order valence-corrected chi connectivity index (χ1v) is 7.62. The Hall–Kier alpha value is -1.15. The number of benzene rings is 1. The molecule has 1 fully saturated rings. The Morgan fingerprint density at radius 3 is 2.50 bits per heavy atom. The summed E-state index contributed by atoms with van der Waals surface area (Å²) in [6, 6.07) is 9.43. The lowest BCUT2D eigenvalue weighted by molar-refractivity contribution is -0.0478. The van der Waals surface area contributed by atoms with Crippen molar-refractivity contribution in [2.24, 2.45) is 11.3 Å². The average molecular weight is 274 g/mol. The van der Waals surface area contributed by atoms with Gasteiger partial charge >= 0.3 is 0 Å². The Bertz CT molecular complexity index is 450. The molecule has 3 unspecified atom stereocenters. The van der Waals surface area contributed by atoms with E-state index in [1.807, 2.05) is 37.3 Å². The fraction of sp³-hybridized carbons (Fsp3) is 0.611. The second-order valence-electron chi connectivity index (χ2n) is 7.04. The average Bonchev–Trinajstić information content (AvgIpc) is 2.36. The van der Waals surface area contributed by atoms with Crippen LogP contribution in [0.5, 0.6) is 0 Å². The SMILES string of the molecule is CC1CC(OC(C)C(=O)c2ccccc2)CC(C)(C)C1. The van der Waals surface area contributed by atoms with Gasteiger partial charge in [-0.3, -0.25) is 4.79 Å². The fourth-order valence-electron chi connectivity index (χ4n) is 3.55. The van der Waals surface area contributed by atoms with Crippen LogP contribution in [0, 0.1) is 11.3 Å². The summed E-state index contributed by atoms with van der Waals surface area (Å²) in [6.45, 7) is 8.74. The monoisotopic (exact) mass is 274 g/mol. The lowest BCUT2D eigenvalue weighted by Gasteiger charge is -2.39. The van der Waals surface area contributed by atoms with Crippen LogP contribution in [0.3, 0.4) is 0 Å². The molecular weight excluding hydrogens is 248 g/mol. The fourth-order valence-corrected chi connectivity index (χ4v) is 3.55. The van der Waals surface area contributed by atoms with Gasteiger partial charge in [0.25, 0.3) is 0 Å². The molecule has 0 amide bonds. The van der Waals surface area contributed by atoms with E-state index in [0.717, 1.165) is 18.4 Å². The van der Waals surface area contributed by atoms with Gasteiger partial charge in [-0.25, -0.2) is 0 Å². The lowest BCUT2D eigenvalue weighted by Crippen LogP contribution is -2.36. The van der Waals surface area contributed by atoms with Gasteiger partial charge in [0.15, 0.2) is 5.78 Å². The number of rotatable bonds is 4. The van der Waals surface area contributed by atoms with Crippen molar-refractivity contribution in [1.29, 1.82) is 0 Å². The number of ether oxygens (including phenoxy) is 1. The highest BCUT2D eigenvalue weighted by Crippen LogP contribution is 2.40. The first kappa shape index (κ1) is 15.2. The van der Waals surface area contributed by atoms with Gasteiger partial charge in [0.2, 0.25) is 0 Å². The highest BCUT2D eigenvalue weighted by Gasteiger charge is 2.34. The minimum absolute atomic E-state index is 0.0848. The third-order valence-electron chi connectivity index (χ3n) is 4.17. The molecule has 2 rings (SSSR count). The molecule has 1 aliphatic carbocycles. The second-order valence-corrected chi connectivity index (χ2v) is 7.04. The van der Waals surface area contributed by atoms with E-state index in [-0.39, 0.29) is 18.0 Å². The lowest BCUT2D eigenvalue weighted by atomic mass is 9.71. The molecule has 0 heterocycles. The van der Waals surface area contributed by atoms with Crippen LogP contribution < -0.4 is 0 Å². The summed E-state index contributed by atoms with van der Waals surface area (Å²) in [5.41, 5.74) is 1.06. The maximum atomic E-state index is 12.3. The zero-order valence-electron chi connectivity index (χ0n) is 13.1. The predicted molar refractivity (Wildman–Crippen MR) is 81.9 cm³/mol. The molecule has 0 aromatic heterocycles. The zero-order chi connectivity index (χ0) is 14.8. The van der Waals surface area contributed by atoms with Gasteiger partial charge in [0.1, 0.15) is 6.10 Å². The van der Waals surface area contributed by atoms with Gasteiger partial charge in [-0.05, 0) is 37.5 Å². The summed E-state index contributed by atoms with van der Waals surface area (Å²) in [5, 5.41) is 0. The third-order valence-corrected chi connectivity index (χ3v) is 4.17. The minimum atomic E-state index is -0.358. The van der Waals surface area contributed by atoms with E-state index in [1.54, 1.807) is 0 Å². The Morgan fingerprint density at radius 2 is 1.90 bits per heavy atom. The van der Waals surface area contributed by atoms with Crippen molar-refractivity contribution < 1.29 is 9.53 Å². The summed E-state index contributed by atoms with van der Waals surface area (Å²) in [4.78, 5) is 12.3. The van der Waals surface area contributed by atoms with Gasteiger partial charge in [-0.15, -0.1) is 0 Å². The quantitative estimate of drug-likeness (QED) is 0.756. The largest absolute Gasteiger partial charge is 0.367 e. The molecule has 1 aromatic carbocycles. The molecule has 3 atom stereocenters. The van der Waals surface area contributed by atoms with Gasteiger partial charge in [0, 0.05) is 5.56 Å². The molecule has 1 saturated carbocycles. The normalized spacial score (nSPS) is 27.0. The molecule has 2 heteroatoms. The maximum Gasteiger partial charge on any atom is 0.191 e. The summed E-state index contributed by atoms with van der Waals surface area (Å²) in [5.74, 6) is 0.754. The smallest absolute Gasteiger partial charge is 0.191 e. The number of Topliss-reactive ketones (excluding diaryl/α,β-unsaturated/α-hetero) is 1. The predicted octanol–water partition coefficient (Wildman–Crippen LogP) is 4.49. The van der Waals surface area contributed by atoms with E-state index in [1.165, 1.54) is 6.42 Å². The zero-order valence-corrected chi connectivity index (χ0v) is 13.1. The number of carbonyl (C=O) groups excluding carboxylic acids is 1. The molecular formula is C18H26O2. The van der Waals surface area contributed by atoms with Crippen LogP contribution in [0.1, 0.15) is 57.3 Å². The van der Waals surface area contributed by atoms with Crippen molar-refractivity contribution >= 4 is 5.78 Å². The van der Waals surface area contributed by atoms with Crippen LogP contribution in [0.15, 0.2) is 30.3 Å². The first-order valence-electron chi connectivity index (χ1n) is 7.62. The number of ketones is 1. The van der Waals surface area contributed by atoms with E-state index in [4.69, 9.17) is 4.74 Å². The molecule has 1 aromatic rings. The van der Waals surface area contributed by atoms with Crippen molar-refractivity contribution in [3.8, 4) is 0 Å². The number of hydrogen-bond donors (Lipinski definition) is 0. The van der Waals surface area contributed by atoms with E-state index < -0.39 is 0 Å². The molecule has 20 heavy (non-hydrogen) atoms. The van der Waals surface area contributed by atoms with Crippen LogP contribution in [0.25, 0.3) is 0 Å². The molecule has 110 valence electrons. The van der Waals surface area contributed by atoms with Crippen LogP contribution in [0.4, 0.5) is 0 Å². The maximum absolute atomic E-state index is 12.3. The van der Waals surface area contributed by atoms with Gasteiger partial charge < -0.3 is 4.74 Å². The summed E-state index contributed by atoms with van der Waals surface area (Å²) in [7, 11) is 0. The van der Waals surface area contributed by atoms with Crippen LogP contribution in [-0.4, -0.2) is 18.0 Å². The Labute approximate surface area is 122 Å². The molecule has 0 bridgehead atoms. The second kappa shape index (κ2) is 6.09. The van der Waals surface area contributed by atoms with Crippen LogP contribution in [-0.2, 0) is 4.74 Å². The van der Waals surface area contributed by atoms with Gasteiger partial charge in [-0.2, -0.15) is 0 Å². The summed E-state index contributed by atoms with van der Waals surface area (Å²) < 4.78 is 6.06. The highest BCUT2D eigenvalue weighted by atomic mass is 16.5. The first-order chi connectivity index (χ1) is 9.37. The summed E-state index contributed by atoms with van der Waals surface area (Å²) >= 11 is 0. The molecule has 0 N–H and O–H groups in total. The molecule has 2 nitrogen and oxygen atoms in total. The third kappa shape index (κ3) is 3.92. The van der Waals surface area contributed by atoms with E-state index in [2.05, 4.69) is 20.8 Å². The highest BCUT2D eigenvalue weighted by molar-refractivity contribution is 5.99. The Balaban J connectivity index is 1.97. The number of carbonyl (C=O) groups is 1. The van der Waals surface area contributed by atoms with Gasteiger partial charge in [-0.1, -0.05) is 51.1 Å². The topological polar surface area (TPSA) is 26.3 Å². The van der Waals surface area contributed by atoms with E-state index >= 15 is 0 Å². The van der Waals surface area contributed by atoms with Crippen molar-refractivity contribution in [2.45, 2.75) is 59.2 Å². The van der Waals surface area contributed by atoms with Crippen molar-refractivity contribution in [3.05, 3.63) is 35.9 Å². The molecule has 0 radical (unpaired) electrons. The van der Waals surface area contributed by atoms with Crippen molar-refractivity contribution in [3.63, 3.8) is 0 Å². The molecule has 0 aliphatic heterocycles. The van der Waals surface area contributed by atoms with Crippen molar-refractivity contribution in [1.82, 2.24) is 0 Å². The minimum Gasteiger partial charge on any atom is -0.367 e. The van der Waals surface area contributed by atoms with E-state index in [0.29, 0.717) is 11.3 Å². The van der Waals surface area contributed by atoms with E-state index in [9.17, 15) is 4.79 Å². The van der Waals surface area contributed by atoms with Crippen LogP contribution in [0.2, 0.25) is 0 Å².